The highest BCUT2D eigenvalue weighted by atomic mass is 19.4. The minimum atomic E-state index is -4.50. The first-order valence-electron chi connectivity index (χ1n) is 4.51. The quantitative estimate of drug-likeness (QED) is 0.794. The summed E-state index contributed by atoms with van der Waals surface area (Å²) in [5.41, 5.74) is 4.32. The van der Waals surface area contributed by atoms with Gasteiger partial charge >= 0.3 is 6.18 Å². The number of anilines is 2. The molecule has 0 saturated carbocycles. The Kier molecular flexibility index (Phi) is 2.58. The maximum Gasteiger partial charge on any atom is 0.421 e. The number of ether oxygens (including phenoxy) is 1. The summed E-state index contributed by atoms with van der Waals surface area (Å²) in [7, 11) is 0. The van der Waals surface area contributed by atoms with Gasteiger partial charge in [-0.15, -0.1) is 0 Å². The molecule has 1 aliphatic rings. The second-order valence-corrected chi connectivity index (χ2v) is 3.37. The molecule has 1 fully saturated rings. The van der Waals surface area contributed by atoms with Crippen LogP contribution in [0.15, 0.2) is 6.20 Å². The first kappa shape index (κ1) is 10.9. The van der Waals surface area contributed by atoms with Crippen molar-refractivity contribution in [1.82, 2.24) is 9.97 Å². The predicted octanol–water partition coefficient (Wildman–Crippen LogP) is 0.888. The monoisotopic (exact) mass is 234 g/mol. The van der Waals surface area contributed by atoms with Gasteiger partial charge in [0.1, 0.15) is 11.4 Å². The molecule has 0 aliphatic carbocycles. The Morgan fingerprint density at radius 3 is 2.62 bits per heavy atom. The third-order valence-electron chi connectivity index (χ3n) is 2.09. The third-order valence-corrected chi connectivity index (χ3v) is 2.09. The van der Waals surface area contributed by atoms with Crippen LogP contribution in [-0.4, -0.2) is 29.2 Å². The first-order chi connectivity index (χ1) is 7.47. The lowest BCUT2D eigenvalue weighted by Crippen LogP contribution is -2.41. The van der Waals surface area contributed by atoms with Gasteiger partial charge in [-0.1, -0.05) is 0 Å². The molecule has 1 aromatic heterocycles. The second kappa shape index (κ2) is 3.78. The van der Waals surface area contributed by atoms with Crippen LogP contribution in [0.3, 0.4) is 0 Å². The van der Waals surface area contributed by atoms with Crippen molar-refractivity contribution in [3.8, 4) is 0 Å². The Labute approximate surface area is 88.8 Å². The highest BCUT2D eigenvalue weighted by Crippen LogP contribution is 2.34. The van der Waals surface area contributed by atoms with E-state index in [1.165, 1.54) is 0 Å². The van der Waals surface area contributed by atoms with E-state index in [0.29, 0.717) is 19.4 Å². The van der Waals surface area contributed by atoms with Gasteiger partial charge in [-0.3, -0.25) is 0 Å². The summed E-state index contributed by atoms with van der Waals surface area (Å²) in [6, 6.07) is -0.157. The van der Waals surface area contributed by atoms with E-state index < -0.39 is 11.7 Å². The van der Waals surface area contributed by atoms with E-state index in [1.54, 1.807) is 0 Å². The molecule has 2 heterocycles. The van der Waals surface area contributed by atoms with Crippen LogP contribution in [0.2, 0.25) is 0 Å². The number of rotatable bonds is 2. The number of nitrogens with one attached hydrogen (secondary N) is 1. The standard InChI is InChI=1S/C8H9F3N4O/c9-8(10,11)5-1-13-7(12)15-6(5)14-4-2-16-3-4/h1,4H,2-3H2,(H3,12,13,14,15). The molecule has 0 atom stereocenters. The highest BCUT2D eigenvalue weighted by Gasteiger charge is 2.36. The summed E-state index contributed by atoms with van der Waals surface area (Å²) >= 11 is 0. The van der Waals surface area contributed by atoms with Crippen molar-refractivity contribution in [3.05, 3.63) is 11.8 Å². The summed E-state index contributed by atoms with van der Waals surface area (Å²) in [6.45, 7) is 0.725. The number of hydrogen-bond donors (Lipinski definition) is 2. The molecule has 0 spiro atoms. The maximum atomic E-state index is 12.6. The van der Waals surface area contributed by atoms with Crippen LogP contribution >= 0.6 is 0 Å². The number of hydrogen-bond acceptors (Lipinski definition) is 5. The van der Waals surface area contributed by atoms with E-state index in [1.807, 2.05) is 0 Å². The van der Waals surface area contributed by atoms with Gasteiger partial charge in [0, 0.05) is 6.20 Å². The number of nitrogens with zero attached hydrogens (tertiary/aromatic N) is 2. The van der Waals surface area contributed by atoms with E-state index >= 15 is 0 Å². The average Bonchev–Trinajstić information content (AvgIpc) is 2.09. The molecule has 1 aliphatic heterocycles. The first-order valence-corrected chi connectivity index (χ1v) is 4.51. The van der Waals surface area contributed by atoms with Crippen molar-refractivity contribution < 1.29 is 17.9 Å². The second-order valence-electron chi connectivity index (χ2n) is 3.37. The zero-order valence-electron chi connectivity index (χ0n) is 8.08. The Balaban J connectivity index is 2.28. The molecule has 1 saturated heterocycles. The van der Waals surface area contributed by atoms with Gasteiger partial charge in [-0.25, -0.2) is 4.98 Å². The van der Waals surface area contributed by atoms with Crippen molar-refractivity contribution in [2.75, 3.05) is 24.3 Å². The fraction of sp³-hybridized carbons (Fsp3) is 0.500. The van der Waals surface area contributed by atoms with Crippen molar-refractivity contribution in [2.24, 2.45) is 0 Å². The molecule has 88 valence electrons. The van der Waals surface area contributed by atoms with Gasteiger partial charge in [0.25, 0.3) is 0 Å². The van der Waals surface area contributed by atoms with E-state index in [4.69, 9.17) is 10.5 Å². The fourth-order valence-electron chi connectivity index (χ4n) is 1.23. The van der Waals surface area contributed by atoms with E-state index in [2.05, 4.69) is 15.3 Å². The van der Waals surface area contributed by atoms with E-state index in [9.17, 15) is 13.2 Å². The van der Waals surface area contributed by atoms with Crippen LogP contribution in [0.25, 0.3) is 0 Å². The lowest BCUT2D eigenvalue weighted by atomic mass is 10.2. The molecule has 16 heavy (non-hydrogen) atoms. The molecular formula is C8H9F3N4O. The minimum Gasteiger partial charge on any atom is -0.377 e. The maximum absolute atomic E-state index is 12.6. The Hall–Kier alpha value is -1.57. The number of nitrogen functional groups attached to an aromatic ring is 1. The summed E-state index contributed by atoms with van der Waals surface area (Å²) in [4.78, 5) is 6.87. The zero-order valence-corrected chi connectivity index (χ0v) is 8.08. The Morgan fingerprint density at radius 2 is 2.12 bits per heavy atom. The molecular weight excluding hydrogens is 225 g/mol. The largest absolute Gasteiger partial charge is 0.421 e. The molecule has 5 nitrogen and oxygen atoms in total. The van der Waals surface area contributed by atoms with E-state index in [0.717, 1.165) is 0 Å². The van der Waals surface area contributed by atoms with Crippen molar-refractivity contribution in [3.63, 3.8) is 0 Å². The van der Waals surface area contributed by atoms with Gasteiger partial charge in [-0.05, 0) is 0 Å². The molecule has 8 heteroatoms. The smallest absolute Gasteiger partial charge is 0.377 e. The van der Waals surface area contributed by atoms with Gasteiger partial charge in [0.15, 0.2) is 0 Å². The average molecular weight is 234 g/mol. The molecule has 1 aromatic rings. The lowest BCUT2D eigenvalue weighted by molar-refractivity contribution is -0.137. The molecule has 0 bridgehead atoms. The van der Waals surface area contributed by atoms with E-state index in [-0.39, 0.29) is 17.8 Å². The molecule has 3 N–H and O–H groups in total. The summed E-state index contributed by atoms with van der Waals surface area (Å²) < 4.78 is 42.5. The van der Waals surface area contributed by atoms with Crippen LogP contribution in [0.1, 0.15) is 5.56 Å². The number of alkyl halides is 3. The zero-order chi connectivity index (χ0) is 11.8. The van der Waals surface area contributed by atoms with Crippen molar-refractivity contribution in [2.45, 2.75) is 12.2 Å². The number of halogens is 3. The predicted molar refractivity (Wildman–Crippen MR) is 49.7 cm³/mol. The molecule has 0 unspecified atom stereocenters. The summed E-state index contributed by atoms with van der Waals surface area (Å²) in [6.07, 6.45) is -3.83. The Bertz CT molecular complexity index is 391. The number of aromatic nitrogens is 2. The van der Waals surface area contributed by atoms with Crippen LogP contribution in [0.4, 0.5) is 24.9 Å². The van der Waals surface area contributed by atoms with Crippen LogP contribution in [0.5, 0.6) is 0 Å². The summed E-state index contributed by atoms with van der Waals surface area (Å²) in [5.74, 6) is -0.496. The lowest BCUT2D eigenvalue weighted by Gasteiger charge is -2.28. The van der Waals surface area contributed by atoms with Crippen molar-refractivity contribution in [1.29, 1.82) is 0 Å². The summed E-state index contributed by atoms with van der Waals surface area (Å²) in [5, 5.41) is 2.62. The Morgan fingerprint density at radius 1 is 1.44 bits per heavy atom. The van der Waals surface area contributed by atoms with Crippen LogP contribution in [-0.2, 0) is 10.9 Å². The number of nitrogens with two attached hydrogens (primary N) is 1. The van der Waals surface area contributed by atoms with Gasteiger partial charge in [-0.2, -0.15) is 18.2 Å². The fourth-order valence-corrected chi connectivity index (χ4v) is 1.23. The normalized spacial score (nSPS) is 16.9. The van der Waals surface area contributed by atoms with Crippen LogP contribution < -0.4 is 11.1 Å². The molecule has 0 amide bonds. The highest BCUT2D eigenvalue weighted by molar-refractivity contribution is 5.48. The SMILES string of the molecule is Nc1ncc(C(F)(F)F)c(NC2COC2)n1. The van der Waals surface area contributed by atoms with Gasteiger partial charge in [0.05, 0.1) is 19.3 Å². The molecule has 0 aromatic carbocycles. The minimum absolute atomic E-state index is 0.157. The molecule has 0 radical (unpaired) electrons. The van der Waals surface area contributed by atoms with Gasteiger partial charge in [0.2, 0.25) is 5.95 Å². The molecule has 2 rings (SSSR count). The van der Waals surface area contributed by atoms with Gasteiger partial charge < -0.3 is 15.8 Å². The topological polar surface area (TPSA) is 73.1 Å². The van der Waals surface area contributed by atoms with Crippen LogP contribution in [0, 0.1) is 0 Å². The van der Waals surface area contributed by atoms with Crippen molar-refractivity contribution >= 4 is 11.8 Å². The third kappa shape index (κ3) is 2.16.